The third kappa shape index (κ3) is 5.29. The summed E-state index contributed by atoms with van der Waals surface area (Å²) in [6.07, 6.45) is 6.91. The lowest BCUT2D eigenvalue weighted by molar-refractivity contribution is 1.14. The van der Waals surface area contributed by atoms with E-state index in [9.17, 15) is 0 Å². The van der Waals surface area contributed by atoms with Crippen LogP contribution in [-0.2, 0) is 0 Å². The predicted octanol–water partition coefficient (Wildman–Crippen LogP) is 2.60. The minimum absolute atomic E-state index is 0.832. The highest BCUT2D eigenvalue weighted by atomic mass is 14.7. The number of nitrogens with zero attached hydrogens (tertiary/aromatic N) is 1. The molecule has 1 heteroatoms. The summed E-state index contributed by atoms with van der Waals surface area (Å²) in [5, 5.41) is 0. The summed E-state index contributed by atoms with van der Waals surface area (Å²) in [5.74, 6) is 0. The molecule has 0 aliphatic heterocycles. The number of hydrogen-bond donors (Lipinski definition) is 0. The smallest absolute Gasteiger partial charge is 0.0361 e. The van der Waals surface area contributed by atoms with E-state index in [-0.39, 0.29) is 0 Å². The average Bonchev–Trinajstić information content (AvgIpc) is 1.97. The molecular weight excluding hydrogens is 122 g/mol. The molecule has 0 aromatic heterocycles. The lowest BCUT2D eigenvalue weighted by atomic mass is 10.3. The van der Waals surface area contributed by atoms with Gasteiger partial charge >= 0.3 is 0 Å². The largest absolute Gasteiger partial charge is 0.293 e. The second-order valence-electron chi connectivity index (χ2n) is 2.01. The van der Waals surface area contributed by atoms with Crippen LogP contribution in [0, 0.1) is 0 Å². The van der Waals surface area contributed by atoms with E-state index in [1.54, 1.807) is 6.21 Å². The van der Waals surface area contributed by atoms with Crippen molar-refractivity contribution in [3.05, 3.63) is 24.3 Å². The highest BCUT2D eigenvalue weighted by Crippen LogP contribution is 1.90. The van der Waals surface area contributed by atoms with Gasteiger partial charge in [0.2, 0.25) is 0 Å². The SMILES string of the molecule is C=C(C=NCC)/C=C\CC. The first-order chi connectivity index (χ1) is 4.81. The quantitative estimate of drug-likeness (QED) is 0.417. The molecule has 0 radical (unpaired) electrons. The molecule has 0 spiro atoms. The Morgan fingerprint density at radius 3 is 2.70 bits per heavy atom. The molecule has 0 rings (SSSR count). The fraction of sp³-hybridized carbons (Fsp3) is 0.444. The zero-order valence-corrected chi connectivity index (χ0v) is 6.80. The van der Waals surface area contributed by atoms with E-state index < -0.39 is 0 Å². The maximum Gasteiger partial charge on any atom is 0.0361 e. The van der Waals surface area contributed by atoms with Crippen LogP contribution in [0.5, 0.6) is 0 Å². The van der Waals surface area contributed by atoms with Crippen molar-refractivity contribution in [3.63, 3.8) is 0 Å². The highest BCUT2D eigenvalue weighted by Gasteiger charge is 1.77. The van der Waals surface area contributed by atoms with E-state index in [0.717, 1.165) is 18.5 Å². The summed E-state index contributed by atoms with van der Waals surface area (Å²) in [6.45, 7) is 8.73. The van der Waals surface area contributed by atoms with Crippen LogP contribution in [0.2, 0.25) is 0 Å². The highest BCUT2D eigenvalue weighted by molar-refractivity contribution is 5.81. The molecule has 0 aromatic rings. The second-order valence-corrected chi connectivity index (χ2v) is 2.01. The minimum atomic E-state index is 0.832. The van der Waals surface area contributed by atoms with Gasteiger partial charge in [-0.3, -0.25) is 4.99 Å². The van der Waals surface area contributed by atoms with Crippen LogP contribution in [0.1, 0.15) is 20.3 Å². The molecule has 0 aliphatic rings. The first-order valence-electron chi connectivity index (χ1n) is 3.66. The molecule has 0 bridgehead atoms. The van der Waals surface area contributed by atoms with Gasteiger partial charge in [-0.05, 0) is 18.9 Å². The normalized spacial score (nSPS) is 11.4. The van der Waals surface area contributed by atoms with Crippen LogP contribution in [0.15, 0.2) is 29.3 Å². The monoisotopic (exact) mass is 137 g/mol. The molecule has 0 saturated carbocycles. The third-order valence-electron chi connectivity index (χ3n) is 1.01. The van der Waals surface area contributed by atoms with Crippen molar-refractivity contribution in [2.45, 2.75) is 20.3 Å². The van der Waals surface area contributed by atoms with Crippen molar-refractivity contribution >= 4 is 6.21 Å². The number of aliphatic imine (C=N–C) groups is 1. The van der Waals surface area contributed by atoms with Gasteiger partial charge in [-0.15, -0.1) is 0 Å². The maximum atomic E-state index is 4.05. The van der Waals surface area contributed by atoms with E-state index in [2.05, 4.69) is 24.6 Å². The van der Waals surface area contributed by atoms with Crippen LogP contribution in [0.4, 0.5) is 0 Å². The Morgan fingerprint density at radius 1 is 1.50 bits per heavy atom. The van der Waals surface area contributed by atoms with Crippen LogP contribution in [0.3, 0.4) is 0 Å². The van der Waals surface area contributed by atoms with Crippen molar-refractivity contribution in [3.8, 4) is 0 Å². The molecule has 0 unspecified atom stereocenters. The molecule has 0 amide bonds. The molecule has 0 fully saturated rings. The Morgan fingerprint density at radius 2 is 2.20 bits per heavy atom. The van der Waals surface area contributed by atoms with Gasteiger partial charge in [0.15, 0.2) is 0 Å². The van der Waals surface area contributed by atoms with E-state index >= 15 is 0 Å². The van der Waals surface area contributed by atoms with Gasteiger partial charge in [-0.25, -0.2) is 0 Å². The molecule has 0 aliphatic carbocycles. The van der Waals surface area contributed by atoms with E-state index in [0.29, 0.717) is 0 Å². The molecule has 10 heavy (non-hydrogen) atoms. The Bertz CT molecular complexity index is 127. The van der Waals surface area contributed by atoms with Gasteiger partial charge in [0.1, 0.15) is 0 Å². The van der Waals surface area contributed by atoms with Crippen LogP contribution in [0.25, 0.3) is 0 Å². The number of allylic oxidation sites excluding steroid dienone is 3. The van der Waals surface area contributed by atoms with Gasteiger partial charge in [-0.2, -0.15) is 0 Å². The summed E-state index contributed by atoms with van der Waals surface area (Å²) < 4.78 is 0. The van der Waals surface area contributed by atoms with E-state index in [1.807, 2.05) is 13.0 Å². The second kappa shape index (κ2) is 6.27. The third-order valence-corrected chi connectivity index (χ3v) is 1.01. The Kier molecular flexibility index (Phi) is 5.74. The molecule has 1 nitrogen and oxygen atoms in total. The summed E-state index contributed by atoms with van der Waals surface area (Å²) in [7, 11) is 0. The van der Waals surface area contributed by atoms with Crippen LogP contribution >= 0.6 is 0 Å². The van der Waals surface area contributed by atoms with Gasteiger partial charge in [0.05, 0.1) is 0 Å². The van der Waals surface area contributed by atoms with Gasteiger partial charge in [0.25, 0.3) is 0 Å². The van der Waals surface area contributed by atoms with Crippen LogP contribution < -0.4 is 0 Å². The first-order valence-corrected chi connectivity index (χ1v) is 3.66. The van der Waals surface area contributed by atoms with Crippen LogP contribution in [-0.4, -0.2) is 12.8 Å². The summed E-state index contributed by atoms with van der Waals surface area (Å²) in [4.78, 5) is 4.05. The van der Waals surface area contributed by atoms with E-state index in [4.69, 9.17) is 0 Å². The minimum Gasteiger partial charge on any atom is -0.293 e. The van der Waals surface area contributed by atoms with Crippen molar-refractivity contribution in [1.29, 1.82) is 0 Å². The van der Waals surface area contributed by atoms with Crippen molar-refractivity contribution < 1.29 is 0 Å². The topological polar surface area (TPSA) is 12.4 Å². The molecule has 0 N–H and O–H groups in total. The summed E-state index contributed by atoms with van der Waals surface area (Å²) in [5.41, 5.74) is 0.976. The molecule has 0 saturated heterocycles. The summed E-state index contributed by atoms with van der Waals surface area (Å²) >= 11 is 0. The lowest BCUT2D eigenvalue weighted by Gasteiger charge is -1.86. The Balaban J connectivity index is 3.63. The predicted molar refractivity (Wildman–Crippen MR) is 47.6 cm³/mol. The molecule has 0 atom stereocenters. The molecule has 0 aromatic carbocycles. The lowest BCUT2D eigenvalue weighted by Crippen LogP contribution is -1.77. The fourth-order valence-electron chi connectivity index (χ4n) is 0.521. The Hall–Kier alpha value is -0.850. The fourth-order valence-corrected chi connectivity index (χ4v) is 0.521. The zero-order chi connectivity index (χ0) is 7.82. The van der Waals surface area contributed by atoms with Crippen molar-refractivity contribution in [2.24, 2.45) is 4.99 Å². The van der Waals surface area contributed by atoms with Gasteiger partial charge in [-0.1, -0.05) is 25.7 Å². The number of hydrogen-bond acceptors (Lipinski definition) is 1. The van der Waals surface area contributed by atoms with E-state index in [1.165, 1.54) is 0 Å². The molecular formula is C9H15N. The molecule has 0 heterocycles. The average molecular weight is 137 g/mol. The van der Waals surface area contributed by atoms with Gasteiger partial charge < -0.3 is 0 Å². The van der Waals surface area contributed by atoms with Gasteiger partial charge in [0, 0.05) is 12.8 Å². The molecule has 56 valence electrons. The maximum absolute atomic E-state index is 4.05. The summed E-state index contributed by atoms with van der Waals surface area (Å²) in [6, 6.07) is 0. The van der Waals surface area contributed by atoms with Crippen molar-refractivity contribution in [1.82, 2.24) is 0 Å². The van der Waals surface area contributed by atoms with Crippen molar-refractivity contribution in [2.75, 3.05) is 6.54 Å². The standard InChI is InChI=1S/C9H15N/c1-4-6-7-9(3)8-10-5-2/h6-8H,3-5H2,1-2H3/b7-6-,10-8?. The number of rotatable bonds is 4. The zero-order valence-electron chi connectivity index (χ0n) is 6.80. The first kappa shape index (κ1) is 9.15. The Labute approximate surface area is 63.2 Å².